The standard InChI is InChI=1S/C16H12O3S/c17-15(10-4-2-1-3-5-10)11-6-7-14-12(8-11)13(9-20-14)16(18)19/h1-8,13H,9H2,(H,18,19). The summed E-state index contributed by atoms with van der Waals surface area (Å²) in [5.41, 5.74) is 1.91. The Labute approximate surface area is 120 Å². The molecule has 20 heavy (non-hydrogen) atoms. The second-order valence-corrected chi connectivity index (χ2v) is 5.71. The molecule has 2 aromatic rings. The molecule has 3 rings (SSSR count). The second-order valence-electron chi connectivity index (χ2n) is 4.65. The summed E-state index contributed by atoms with van der Waals surface area (Å²) < 4.78 is 0. The van der Waals surface area contributed by atoms with E-state index in [4.69, 9.17) is 0 Å². The van der Waals surface area contributed by atoms with Crippen LogP contribution in [0.4, 0.5) is 0 Å². The maximum Gasteiger partial charge on any atom is 0.311 e. The second kappa shape index (κ2) is 5.13. The third kappa shape index (κ3) is 2.23. The van der Waals surface area contributed by atoms with Crippen LogP contribution < -0.4 is 0 Å². The van der Waals surface area contributed by atoms with E-state index in [2.05, 4.69) is 0 Å². The number of carbonyl (C=O) groups is 2. The molecule has 1 aliphatic heterocycles. The fourth-order valence-corrected chi connectivity index (χ4v) is 3.52. The number of aliphatic carboxylic acids is 1. The fraction of sp³-hybridized carbons (Fsp3) is 0.125. The van der Waals surface area contributed by atoms with Crippen molar-refractivity contribution in [2.24, 2.45) is 0 Å². The lowest BCUT2D eigenvalue weighted by atomic mass is 9.96. The van der Waals surface area contributed by atoms with Gasteiger partial charge in [-0.25, -0.2) is 0 Å². The van der Waals surface area contributed by atoms with Gasteiger partial charge in [-0.15, -0.1) is 11.8 Å². The van der Waals surface area contributed by atoms with E-state index in [9.17, 15) is 14.7 Å². The molecule has 0 bridgehead atoms. The van der Waals surface area contributed by atoms with Crippen molar-refractivity contribution in [3.8, 4) is 0 Å². The van der Waals surface area contributed by atoms with Gasteiger partial charge in [-0.3, -0.25) is 9.59 Å². The zero-order valence-electron chi connectivity index (χ0n) is 10.6. The molecule has 0 fully saturated rings. The lowest BCUT2D eigenvalue weighted by Crippen LogP contribution is -2.11. The van der Waals surface area contributed by atoms with Crippen LogP contribution in [-0.2, 0) is 4.79 Å². The molecule has 0 amide bonds. The normalized spacial score (nSPS) is 16.7. The van der Waals surface area contributed by atoms with E-state index in [0.29, 0.717) is 16.9 Å². The highest BCUT2D eigenvalue weighted by molar-refractivity contribution is 7.99. The Bertz CT molecular complexity index is 679. The summed E-state index contributed by atoms with van der Waals surface area (Å²) in [6, 6.07) is 14.4. The predicted molar refractivity (Wildman–Crippen MR) is 77.4 cm³/mol. The number of thioether (sulfide) groups is 1. The van der Waals surface area contributed by atoms with Crippen LogP contribution in [0.1, 0.15) is 27.4 Å². The number of benzene rings is 2. The minimum Gasteiger partial charge on any atom is -0.481 e. The van der Waals surface area contributed by atoms with E-state index in [0.717, 1.165) is 10.5 Å². The lowest BCUT2D eigenvalue weighted by Gasteiger charge is -2.07. The van der Waals surface area contributed by atoms with E-state index in [-0.39, 0.29) is 5.78 Å². The molecular weight excluding hydrogens is 272 g/mol. The third-order valence-corrected chi connectivity index (χ3v) is 4.57. The summed E-state index contributed by atoms with van der Waals surface area (Å²) in [5.74, 6) is -0.887. The van der Waals surface area contributed by atoms with Gasteiger partial charge in [0.2, 0.25) is 0 Å². The van der Waals surface area contributed by atoms with Gasteiger partial charge in [0.05, 0.1) is 5.92 Å². The van der Waals surface area contributed by atoms with Crippen molar-refractivity contribution in [2.75, 3.05) is 5.75 Å². The van der Waals surface area contributed by atoms with E-state index >= 15 is 0 Å². The van der Waals surface area contributed by atoms with Gasteiger partial charge in [-0.2, -0.15) is 0 Å². The number of carboxylic acid groups (broad SMARTS) is 1. The third-order valence-electron chi connectivity index (χ3n) is 3.39. The van der Waals surface area contributed by atoms with Crippen molar-refractivity contribution < 1.29 is 14.7 Å². The zero-order valence-corrected chi connectivity index (χ0v) is 11.4. The summed E-state index contributed by atoms with van der Waals surface area (Å²) >= 11 is 1.53. The topological polar surface area (TPSA) is 54.4 Å². The van der Waals surface area contributed by atoms with Crippen LogP contribution in [0.25, 0.3) is 0 Å². The Hall–Kier alpha value is -2.07. The van der Waals surface area contributed by atoms with Crippen molar-refractivity contribution in [2.45, 2.75) is 10.8 Å². The molecule has 3 nitrogen and oxygen atoms in total. The summed E-state index contributed by atoms with van der Waals surface area (Å²) in [7, 11) is 0. The Morgan fingerprint density at radius 1 is 1.05 bits per heavy atom. The highest BCUT2D eigenvalue weighted by atomic mass is 32.2. The SMILES string of the molecule is O=C(c1ccccc1)c1ccc2c(c1)C(C(=O)O)CS2. The van der Waals surface area contributed by atoms with Gasteiger partial charge in [0.1, 0.15) is 0 Å². The van der Waals surface area contributed by atoms with Gasteiger partial charge in [0.15, 0.2) is 5.78 Å². The molecule has 0 saturated heterocycles. The molecule has 1 aliphatic rings. The number of carboxylic acids is 1. The number of ketones is 1. The Morgan fingerprint density at radius 2 is 1.80 bits per heavy atom. The van der Waals surface area contributed by atoms with Gasteiger partial charge < -0.3 is 5.11 Å². The highest BCUT2D eigenvalue weighted by Crippen LogP contribution is 2.40. The smallest absolute Gasteiger partial charge is 0.311 e. The molecule has 100 valence electrons. The Kier molecular flexibility index (Phi) is 3.32. The Morgan fingerprint density at radius 3 is 2.50 bits per heavy atom. The van der Waals surface area contributed by atoms with Gasteiger partial charge in [0, 0.05) is 21.8 Å². The maximum absolute atomic E-state index is 12.4. The summed E-state index contributed by atoms with van der Waals surface area (Å²) in [4.78, 5) is 24.5. The highest BCUT2D eigenvalue weighted by Gasteiger charge is 2.29. The van der Waals surface area contributed by atoms with Crippen LogP contribution in [0, 0.1) is 0 Å². The molecule has 0 spiro atoms. The van der Waals surface area contributed by atoms with Gasteiger partial charge in [-0.05, 0) is 23.8 Å². The minimum absolute atomic E-state index is 0.0746. The van der Waals surface area contributed by atoms with Crippen molar-refractivity contribution in [1.29, 1.82) is 0 Å². The quantitative estimate of drug-likeness (QED) is 0.879. The average molecular weight is 284 g/mol. The first-order valence-corrected chi connectivity index (χ1v) is 7.24. The first-order valence-electron chi connectivity index (χ1n) is 6.26. The molecule has 4 heteroatoms. The largest absolute Gasteiger partial charge is 0.481 e. The number of rotatable bonds is 3. The predicted octanol–water partition coefficient (Wildman–Crippen LogP) is 3.19. The van der Waals surface area contributed by atoms with Gasteiger partial charge in [-0.1, -0.05) is 30.3 Å². The van der Waals surface area contributed by atoms with Gasteiger partial charge in [0.25, 0.3) is 0 Å². The lowest BCUT2D eigenvalue weighted by molar-refractivity contribution is -0.138. The molecule has 1 N–H and O–H groups in total. The van der Waals surface area contributed by atoms with Crippen LogP contribution in [0.15, 0.2) is 53.4 Å². The molecular formula is C16H12O3S. The van der Waals surface area contributed by atoms with E-state index in [1.54, 1.807) is 24.3 Å². The number of fused-ring (bicyclic) bond motifs is 1. The molecule has 1 atom stereocenters. The van der Waals surface area contributed by atoms with Crippen LogP contribution in [0.2, 0.25) is 0 Å². The van der Waals surface area contributed by atoms with Crippen LogP contribution in [0.3, 0.4) is 0 Å². The fourth-order valence-electron chi connectivity index (χ4n) is 2.32. The summed E-state index contributed by atoms with van der Waals surface area (Å²) in [5, 5.41) is 9.21. The molecule has 0 radical (unpaired) electrons. The molecule has 2 aromatic carbocycles. The zero-order chi connectivity index (χ0) is 14.1. The van der Waals surface area contributed by atoms with Crippen molar-refractivity contribution >= 4 is 23.5 Å². The maximum atomic E-state index is 12.4. The van der Waals surface area contributed by atoms with Crippen molar-refractivity contribution in [3.05, 3.63) is 65.2 Å². The van der Waals surface area contributed by atoms with Gasteiger partial charge >= 0.3 is 5.97 Å². The van der Waals surface area contributed by atoms with Crippen LogP contribution >= 0.6 is 11.8 Å². The van der Waals surface area contributed by atoms with E-state index < -0.39 is 11.9 Å². The molecule has 0 aromatic heterocycles. The molecule has 0 saturated carbocycles. The number of hydrogen-bond acceptors (Lipinski definition) is 3. The number of hydrogen-bond donors (Lipinski definition) is 1. The summed E-state index contributed by atoms with van der Waals surface area (Å²) in [6.07, 6.45) is 0. The molecule has 1 unspecified atom stereocenters. The van der Waals surface area contributed by atoms with E-state index in [1.807, 2.05) is 24.3 Å². The van der Waals surface area contributed by atoms with Crippen LogP contribution in [-0.4, -0.2) is 22.6 Å². The molecule has 1 heterocycles. The first-order chi connectivity index (χ1) is 9.66. The number of carbonyl (C=O) groups excluding carboxylic acids is 1. The minimum atomic E-state index is -0.833. The van der Waals surface area contributed by atoms with Crippen LogP contribution in [0.5, 0.6) is 0 Å². The monoisotopic (exact) mass is 284 g/mol. The summed E-state index contributed by atoms with van der Waals surface area (Å²) in [6.45, 7) is 0. The Balaban J connectivity index is 1.99. The first kappa shape index (κ1) is 12.9. The van der Waals surface area contributed by atoms with E-state index in [1.165, 1.54) is 11.8 Å². The van der Waals surface area contributed by atoms with Crippen molar-refractivity contribution in [3.63, 3.8) is 0 Å². The van der Waals surface area contributed by atoms with Crippen molar-refractivity contribution in [1.82, 2.24) is 0 Å². The molecule has 0 aliphatic carbocycles. The average Bonchev–Trinajstić information content (AvgIpc) is 2.90.